The largest absolute Gasteiger partial charge is 0.508 e. The molecule has 94 valence electrons. The summed E-state index contributed by atoms with van der Waals surface area (Å²) in [6, 6.07) is 8.20. The molecule has 0 aliphatic rings. The SMILES string of the molecule is CCc1cc(C(=O)Nc2cccc(O)c2)n(C)n1. The summed E-state index contributed by atoms with van der Waals surface area (Å²) in [5, 5.41) is 16.3. The fraction of sp³-hybridized carbons (Fsp3) is 0.231. The first-order valence-corrected chi connectivity index (χ1v) is 5.73. The first kappa shape index (κ1) is 12.2. The monoisotopic (exact) mass is 245 g/mol. The average Bonchev–Trinajstić information content (AvgIpc) is 2.70. The lowest BCUT2D eigenvalue weighted by atomic mass is 10.2. The summed E-state index contributed by atoms with van der Waals surface area (Å²) in [7, 11) is 1.73. The molecule has 5 heteroatoms. The molecule has 0 fully saturated rings. The predicted octanol–water partition coefficient (Wildman–Crippen LogP) is 1.94. The van der Waals surface area contributed by atoms with Crippen LogP contribution < -0.4 is 5.32 Å². The molecule has 0 spiro atoms. The van der Waals surface area contributed by atoms with Crippen LogP contribution in [0.15, 0.2) is 30.3 Å². The Bertz CT molecular complexity index is 575. The van der Waals surface area contributed by atoms with Gasteiger partial charge in [-0.25, -0.2) is 0 Å². The lowest BCUT2D eigenvalue weighted by molar-refractivity contribution is 0.101. The molecule has 0 unspecified atom stereocenters. The molecule has 1 aromatic carbocycles. The Balaban J connectivity index is 2.19. The van der Waals surface area contributed by atoms with Gasteiger partial charge in [0.2, 0.25) is 0 Å². The van der Waals surface area contributed by atoms with Gasteiger partial charge in [0.15, 0.2) is 0 Å². The van der Waals surface area contributed by atoms with Crippen LogP contribution in [0.3, 0.4) is 0 Å². The normalized spacial score (nSPS) is 10.3. The van der Waals surface area contributed by atoms with Crippen molar-refractivity contribution >= 4 is 11.6 Å². The molecule has 2 aromatic rings. The smallest absolute Gasteiger partial charge is 0.273 e. The first-order valence-electron chi connectivity index (χ1n) is 5.73. The summed E-state index contributed by atoms with van der Waals surface area (Å²) in [6.07, 6.45) is 0.785. The number of rotatable bonds is 3. The molecule has 1 amide bonds. The molecule has 2 N–H and O–H groups in total. The van der Waals surface area contributed by atoms with Gasteiger partial charge in [-0.3, -0.25) is 9.48 Å². The highest BCUT2D eigenvalue weighted by atomic mass is 16.3. The summed E-state index contributed by atoms with van der Waals surface area (Å²) in [5.74, 6) is -0.123. The number of carbonyl (C=O) groups excluding carboxylic acids is 1. The van der Waals surface area contributed by atoms with Gasteiger partial charge in [0.1, 0.15) is 11.4 Å². The zero-order valence-corrected chi connectivity index (χ0v) is 10.3. The van der Waals surface area contributed by atoms with Crippen molar-refractivity contribution in [2.24, 2.45) is 7.05 Å². The molecule has 18 heavy (non-hydrogen) atoms. The van der Waals surface area contributed by atoms with Gasteiger partial charge in [0.05, 0.1) is 5.69 Å². The van der Waals surface area contributed by atoms with E-state index in [0.717, 1.165) is 12.1 Å². The topological polar surface area (TPSA) is 67.2 Å². The van der Waals surface area contributed by atoms with E-state index >= 15 is 0 Å². The summed E-state index contributed by atoms with van der Waals surface area (Å²) in [5.41, 5.74) is 1.92. The standard InChI is InChI=1S/C13H15N3O2/c1-3-9-8-12(16(2)15-9)13(18)14-10-5-4-6-11(17)7-10/h4-8,17H,3H2,1-2H3,(H,14,18). The molecule has 1 aromatic heterocycles. The van der Waals surface area contributed by atoms with Crippen molar-refractivity contribution in [1.29, 1.82) is 0 Å². The third-order valence-electron chi connectivity index (χ3n) is 2.63. The van der Waals surface area contributed by atoms with Crippen molar-refractivity contribution in [3.63, 3.8) is 0 Å². The van der Waals surface area contributed by atoms with Crippen LogP contribution >= 0.6 is 0 Å². The predicted molar refractivity (Wildman–Crippen MR) is 68.6 cm³/mol. The molecule has 0 aliphatic heterocycles. The number of nitrogens with zero attached hydrogens (tertiary/aromatic N) is 2. The second-order valence-electron chi connectivity index (χ2n) is 4.00. The Morgan fingerprint density at radius 2 is 2.22 bits per heavy atom. The Hall–Kier alpha value is -2.30. The Labute approximate surface area is 105 Å². The molecular formula is C13H15N3O2. The summed E-state index contributed by atoms with van der Waals surface area (Å²) in [4.78, 5) is 12.0. The number of amides is 1. The van der Waals surface area contributed by atoms with Crippen LogP contribution in [-0.2, 0) is 13.5 Å². The van der Waals surface area contributed by atoms with E-state index in [1.54, 1.807) is 36.0 Å². The average molecular weight is 245 g/mol. The van der Waals surface area contributed by atoms with Gasteiger partial charge in [-0.05, 0) is 24.6 Å². The quantitative estimate of drug-likeness (QED) is 0.868. The van der Waals surface area contributed by atoms with Crippen LogP contribution in [0, 0.1) is 0 Å². The number of aromatic hydroxyl groups is 1. The van der Waals surface area contributed by atoms with Crippen LogP contribution in [0.4, 0.5) is 5.69 Å². The molecule has 0 bridgehead atoms. The van der Waals surface area contributed by atoms with Crippen LogP contribution in [0.1, 0.15) is 23.1 Å². The molecule has 0 atom stereocenters. The van der Waals surface area contributed by atoms with Crippen molar-refractivity contribution < 1.29 is 9.90 Å². The molecule has 0 aliphatic carbocycles. The number of aromatic nitrogens is 2. The minimum Gasteiger partial charge on any atom is -0.508 e. The van der Waals surface area contributed by atoms with E-state index in [9.17, 15) is 9.90 Å². The minimum absolute atomic E-state index is 0.118. The van der Waals surface area contributed by atoms with Gasteiger partial charge in [-0.1, -0.05) is 13.0 Å². The molecular weight excluding hydrogens is 230 g/mol. The number of carbonyl (C=O) groups is 1. The van der Waals surface area contributed by atoms with Crippen molar-refractivity contribution in [1.82, 2.24) is 9.78 Å². The zero-order chi connectivity index (χ0) is 13.1. The zero-order valence-electron chi connectivity index (χ0n) is 10.3. The highest BCUT2D eigenvalue weighted by Gasteiger charge is 2.12. The fourth-order valence-electron chi connectivity index (χ4n) is 1.69. The second kappa shape index (κ2) is 4.91. The maximum Gasteiger partial charge on any atom is 0.273 e. The van der Waals surface area contributed by atoms with E-state index < -0.39 is 0 Å². The first-order chi connectivity index (χ1) is 8.60. The van der Waals surface area contributed by atoms with Crippen molar-refractivity contribution in [2.45, 2.75) is 13.3 Å². The molecule has 5 nitrogen and oxygen atoms in total. The highest BCUT2D eigenvalue weighted by Crippen LogP contribution is 2.16. The third kappa shape index (κ3) is 2.51. The van der Waals surface area contributed by atoms with E-state index in [0.29, 0.717) is 11.4 Å². The van der Waals surface area contributed by atoms with Crippen molar-refractivity contribution in [2.75, 3.05) is 5.32 Å². The molecule has 0 saturated heterocycles. The number of hydrogen-bond acceptors (Lipinski definition) is 3. The van der Waals surface area contributed by atoms with Gasteiger partial charge >= 0.3 is 0 Å². The number of benzene rings is 1. The Kier molecular flexibility index (Phi) is 3.32. The van der Waals surface area contributed by atoms with Gasteiger partial charge in [0.25, 0.3) is 5.91 Å². The second-order valence-corrected chi connectivity index (χ2v) is 4.00. The molecule has 2 rings (SSSR count). The van der Waals surface area contributed by atoms with Gasteiger partial charge in [-0.2, -0.15) is 5.10 Å². The number of anilines is 1. The van der Waals surface area contributed by atoms with Crippen LogP contribution in [0.25, 0.3) is 0 Å². The van der Waals surface area contributed by atoms with Crippen LogP contribution in [0.5, 0.6) is 5.75 Å². The number of hydrogen-bond donors (Lipinski definition) is 2. The maximum atomic E-state index is 12.0. The van der Waals surface area contributed by atoms with E-state index in [4.69, 9.17) is 0 Å². The van der Waals surface area contributed by atoms with E-state index in [2.05, 4.69) is 10.4 Å². The number of phenolic OH excluding ortho intramolecular Hbond substituents is 1. The van der Waals surface area contributed by atoms with Crippen molar-refractivity contribution in [3.8, 4) is 5.75 Å². The summed E-state index contributed by atoms with van der Waals surface area (Å²) < 4.78 is 1.55. The number of nitrogens with one attached hydrogen (secondary N) is 1. The molecule has 0 saturated carbocycles. The number of phenols is 1. The van der Waals surface area contributed by atoms with Gasteiger partial charge in [0, 0.05) is 18.8 Å². The highest BCUT2D eigenvalue weighted by molar-refractivity contribution is 6.03. The Morgan fingerprint density at radius 3 is 2.83 bits per heavy atom. The van der Waals surface area contributed by atoms with Gasteiger partial charge < -0.3 is 10.4 Å². The van der Waals surface area contributed by atoms with E-state index in [1.807, 2.05) is 6.92 Å². The van der Waals surface area contributed by atoms with Crippen LogP contribution in [0.2, 0.25) is 0 Å². The minimum atomic E-state index is -0.240. The molecule has 0 radical (unpaired) electrons. The van der Waals surface area contributed by atoms with E-state index in [1.165, 1.54) is 6.07 Å². The van der Waals surface area contributed by atoms with Crippen molar-refractivity contribution in [3.05, 3.63) is 41.7 Å². The van der Waals surface area contributed by atoms with Gasteiger partial charge in [-0.15, -0.1) is 0 Å². The van der Waals surface area contributed by atoms with E-state index in [-0.39, 0.29) is 11.7 Å². The maximum absolute atomic E-state index is 12.0. The number of aryl methyl sites for hydroxylation is 2. The fourth-order valence-corrected chi connectivity index (χ4v) is 1.69. The Morgan fingerprint density at radius 1 is 1.44 bits per heavy atom. The lowest BCUT2D eigenvalue weighted by Crippen LogP contribution is -2.15. The molecule has 1 heterocycles. The summed E-state index contributed by atoms with van der Waals surface area (Å²) >= 11 is 0. The third-order valence-corrected chi connectivity index (χ3v) is 2.63. The lowest BCUT2D eigenvalue weighted by Gasteiger charge is -2.05. The summed E-state index contributed by atoms with van der Waals surface area (Å²) in [6.45, 7) is 1.99. The van der Waals surface area contributed by atoms with Crippen LogP contribution in [-0.4, -0.2) is 20.8 Å².